The van der Waals surface area contributed by atoms with Gasteiger partial charge in [0.2, 0.25) is 5.91 Å². The van der Waals surface area contributed by atoms with Gasteiger partial charge in [-0.05, 0) is 51.4 Å². The fourth-order valence-corrected chi connectivity index (χ4v) is 3.77. The number of allylic oxidation sites excluding steroid dienone is 6. The van der Waals surface area contributed by atoms with Crippen molar-refractivity contribution in [2.24, 2.45) is 11.7 Å². The molecule has 0 spiro atoms. The molecule has 0 aliphatic carbocycles. The molecule has 0 saturated carbocycles. The Labute approximate surface area is 188 Å². The van der Waals surface area contributed by atoms with Gasteiger partial charge in [-0.3, -0.25) is 4.79 Å². The summed E-state index contributed by atoms with van der Waals surface area (Å²) in [7, 11) is 0. The third-order valence-electron chi connectivity index (χ3n) is 5.85. The third kappa shape index (κ3) is 21.4. The van der Waals surface area contributed by atoms with Crippen LogP contribution in [0.5, 0.6) is 0 Å². The summed E-state index contributed by atoms with van der Waals surface area (Å²) >= 11 is 0. The Morgan fingerprint density at radius 1 is 0.633 bits per heavy atom. The monoisotopic (exact) mass is 417 g/mol. The zero-order valence-corrected chi connectivity index (χ0v) is 20.3. The van der Waals surface area contributed by atoms with E-state index in [1.807, 2.05) is 0 Å². The molecule has 174 valence electrons. The summed E-state index contributed by atoms with van der Waals surface area (Å²) in [4.78, 5) is 11.2. The Morgan fingerprint density at radius 3 is 1.63 bits per heavy atom. The summed E-state index contributed by atoms with van der Waals surface area (Å²) in [5.41, 5.74) is 5.39. The van der Waals surface area contributed by atoms with E-state index < -0.39 is 0 Å². The van der Waals surface area contributed by atoms with Crippen molar-refractivity contribution in [3.63, 3.8) is 0 Å². The lowest BCUT2D eigenvalue weighted by Crippen LogP contribution is -2.22. The van der Waals surface area contributed by atoms with Crippen LogP contribution < -0.4 is 5.73 Å². The van der Waals surface area contributed by atoms with Crippen LogP contribution in [-0.4, -0.2) is 5.91 Å². The molecule has 0 aromatic carbocycles. The maximum atomic E-state index is 11.2. The summed E-state index contributed by atoms with van der Waals surface area (Å²) in [5, 5.41) is 0. The second kappa shape index (κ2) is 24.0. The van der Waals surface area contributed by atoms with Gasteiger partial charge in [0.25, 0.3) is 0 Å². The van der Waals surface area contributed by atoms with Crippen molar-refractivity contribution < 1.29 is 4.79 Å². The predicted octanol–water partition coefficient (Wildman–Crippen LogP) is 8.82. The third-order valence-corrected chi connectivity index (χ3v) is 5.85. The Morgan fingerprint density at radius 2 is 1.10 bits per heavy atom. The molecule has 30 heavy (non-hydrogen) atoms. The minimum atomic E-state index is -0.118. The second-order valence-corrected chi connectivity index (χ2v) is 8.64. The minimum absolute atomic E-state index is 0.0980. The van der Waals surface area contributed by atoms with E-state index in [-0.39, 0.29) is 11.8 Å². The molecule has 1 atom stereocenters. The Bertz CT molecular complexity index is 450. The van der Waals surface area contributed by atoms with Gasteiger partial charge in [0.15, 0.2) is 0 Å². The molecule has 2 heteroatoms. The van der Waals surface area contributed by atoms with Crippen molar-refractivity contribution in [3.05, 3.63) is 36.5 Å². The van der Waals surface area contributed by atoms with E-state index >= 15 is 0 Å². The average molecular weight is 418 g/mol. The summed E-state index contributed by atoms with van der Waals surface area (Å²) in [5.74, 6) is -0.0198. The molecule has 0 aromatic rings. The van der Waals surface area contributed by atoms with Crippen LogP contribution in [-0.2, 0) is 4.79 Å². The summed E-state index contributed by atoms with van der Waals surface area (Å²) in [6.07, 6.45) is 36.2. The molecule has 0 aliphatic heterocycles. The predicted molar refractivity (Wildman–Crippen MR) is 135 cm³/mol. The van der Waals surface area contributed by atoms with Crippen molar-refractivity contribution in [3.8, 4) is 0 Å². The molecule has 0 saturated heterocycles. The molecule has 2 N–H and O–H groups in total. The number of carbonyl (C=O) groups excluding carboxylic acids is 1. The molecule has 0 heterocycles. The van der Waals surface area contributed by atoms with Crippen molar-refractivity contribution in [2.75, 3.05) is 0 Å². The molecular formula is C28H51NO. The smallest absolute Gasteiger partial charge is 0.220 e. The summed E-state index contributed by atoms with van der Waals surface area (Å²) < 4.78 is 0. The zero-order chi connectivity index (χ0) is 22.1. The van der Waals surface area contributed by atoms with Gasteiger partial charge < -0.3 is 5.73 Å². The molecule has 0 radical (unpaired) electrons. The van der Waals surface area contributed by atoms with Crippen LogP contribution in [0.15, 0.2) is 36.5 Å². The highest BCUT2D eigenvalue weighted by atomic mass is 16.1. The first-order chi connectivity index (χ1) is 14.7. The minimum Gasteiger partial charge on any atom is -0.369 e. The lowest BCUT2D eigenvalue weighted by molar-refractivity contribution is -0.122. The van der Waals surface area contributed by atoms with Crippen molar-refractivity contribution in [1.29, 1.82) is 0 Å². The lowest BCUT2D eigenvalue weighted by atomic mass is 9.97. The number of hydrogen-bond donors (Lipinski definition) is 1. The molecular weight excluding hydrogens is 366 g/mol. The van der Waals surface area contributed by atoms with Gasteiger partial charge in [-0.25, -0.2) is 0 Å². The molecule has 0 rings (SSSR count). The maximum absolute atomic E-state index is 11.2. The number of hydrogen-bond acceptors (Lipinski definition) is 1. The van der Waals surface area contributed by atoms with Gasteiger partial charge in [-0.1, -0.05) is 115 Å². The van der Waals surface area contributed by atoms with E-state index in [9.17, 15) is 4.79 Å². The quantitative estimate of drug-likeness (QED) is 0.107. The highest BCUT2D eigenvalue weighted by molar-refractivity contribution is 5.76. The average Bonchev–Trinajstić information content (AvgIpc) is 2.74. The fraction of sp³-hybridized carbons (Fsp3) is 0.750. The van der Waals surface area contributed by atoms with Crippen LogP contribution >= 0.6 is 0 Å². The number of carbonyl (C=O) groups is 1. The summed E-state index contributed by atoms with van der Waals surface area (Å²) in [6.45, 7) is 4.22. The molecule has 0 fully saturated rings. The number of unbranched alkanes of at least 4 members (excludes halogenated alkanes) is 13. The van der Waals surface area contributed by atoms with Gasteiger partial charge in [0, 0.05) is 5.92 Å². The molecule has 1 unspecified atom stereocenters. The number of primary amides is 1. The van der Waals surface area contributed by atoms with Gasteiger partial charge in [-0.15, -0.1) is 0 Å². The maximum Gasteiger partial charge on any atom is 0.220 e. The number of amides is 1. The normalized spacial score (nSPS) is 13.1. The Kier molecular flexibility index (Phi) is 22.9. The van der Waals surface area contributed by atoms with Crippen LogP contribution in [0.2, 0.25) is 0 Å². The van der Waals surface area contributed by atoms with Crippen molar-refractivity contribution >= 4 is 5.91 Å². The second-order valence-electron chi connectivity index (χ2n) is 8.64. The Balaban J connectivity index is 3.23. The van der Waals surface area contributed by atoms with Gasteiger partial charge in [0.05, 0.1) is 0 Å². The Hall–Kier alpha value is -1.31. The van der Waals surface area contributed by atoms with E-state index in [0.29, 0.717) is 0 Å². The molecule has 0 aliphatic rings. The van der Waals surface area contributed by atoms with Gasteiger partial charge >= 0.3 is 0 Å². The first kappa shape index (κ1) is 28.7. The fourth-order valence-electron chi connectivity index (χ4n) is 3.77. The summed E-state index contributed by atoms with van der Waals surface area (Å²) in [6, 6.07) is 0. The van der Waals surface area contributed by atoms with Crippen LogP contribution in [0.4, 0.5) is 0 Å². The van der Waals surface area contributed by atoms with Crippen molar-refractivity contribution in [1.82, 2.24) is 0 Å². The van der Waals surface area contributed by atoms with Crippen LogP contribution in [0.3, 0.4) is 0 Å². The molecule has 1 amide bonds. The first-order valence-corrected chi connectivity index (χ1v) is 13.0. The molecule has 0 bridgehead atoms. The molecule has 0 aromatic heterocycles. The van der Waals surface area contributed by atoms with Gasteiger partial charge in [0.1, 0.15) is 0 Å². The lowest BCUT2D eigenvalue weighted by Gasteiger charge is -2.09. The van der Waals surface area contributed by atoms with Crippen LogP contribution in [0.1, 0.15) is 129 Å². The van der Waals surface area contributed by atoms with Crippen LogP contribution in [0, 0.1) is 5.92 Å². The number of nitrogens with two attached hydrogens (primary N) is 1. The van der Waals surface area contributed by atoms with E-state index in [1.54, 1.807) is 0 Å². The largest absolute Gasteiger partial charge is 0.369 e. The number of rotatable bonds is 22. The van der Waals surface area contributed by atoms with E-state index in [2.05, 4.69) is 50.3 Å². The SMILES string of the molecule is CCC=CC=CCCCC=CCCCCCCCCCCCCCC(CC)C(N)=O. The van der Waals surface area contributed by atoms with Crippen LogP contribution in [0.25, 0.3) is 0 Å². The standard InChI is InChI=1S/C28H51NO/c1-3-5-6-7-8-9-10-11-12-13-14-15-16-17-18-19-20-21-22-23-24-25-26-27(4-2)28(29)30/h5-8,12-13,27H,3-4,9-11,14-26H2,1-2H3,(H2,29,30). The highest BCUT2D eigenvalue weighted by Crippen LogP contribution is 2.16. The first-order valence-electron chi connectivity index (χ1n) is 13.0. The van der Waals surface area contributed by atoms with Crippen molar-refractivity contribution in [2.45, 2.75) is 129 Å². The molecule has 2 nitrogen and oxygen atoms in total. The van der Waals surface area contributed by atoms with E-state index in [1.165, 1.54) is 89.9 Å². The van der Waals surface area contributed by atoms with Gasteiger partial charge in [-0.2, -0.15) is 0 Å². The topological polar surface area (TPSA) is 43.1 Å². The highest BCUT2D eigenvalue weighted by Gasteiger charge is 2.11. The van der Waals surface area contributed by atoms with E-state index in [4.69, 9.17) is 5.73 Å². The zero-order valence-electron chi connectivity index (χ0n) is 20.3. The van der Waals surface area contributed by atoms with E-state index in [0.717, 1.165) is 25.7 Å².